The van der Waals surface area contributed by atoms with Crippen molar-refractivity contribution in [1.82, 2.24) is 0 Å². The number of rotatable bonds is 5. The van der Waals surface area contributed by atoms with Crippen LogP contribution in [0.25, 0.3) is 0 Å². The standard InChI is InChI=1S/C13H15F4NO/c1-2-3-9(7-18)12(19)8-4-5-10(11(14)6-8)13(15,16)17/h4-6,9H,2-3,7,18H2,1H3. The molecule has 6 heteroatoms. The quantitative estimate of drug-likeness (QED) is 0.662. The highest BCUT2D eigenvalue weighted by atomic mass is 19.4. The van der Waals surface area contributed by atoms with Gasteiger partial charge in [0, 0.05) is 18.0 Å². The molecule has 0 amide bonds. The Morgan fingerprint density at radius 3 is 2.42 bits per heavy atom. The molecule has 0 aliphatic heterocycles. The SMILES string of the molecule is CCCC(CN)C(=O)c1ccc(C(F)(F)F)c(F)c1. The highest BCUT2D eigenvalue weighted by Crippen LogP contribution is 2.32. The number of benzene rings is 1. The van der Waals surface area contributed by atoms with Gasteiger partial charge in [-0.3, -0.25) is 4.79 Å². The van der Waals surface area contributed by atoms with E-state index in [4.69, 9.17) is 5.73 Å². The van der Waals surface area contributed by atoms with E-state index >= 15 is 0 Å². The molecule has 1 rings (SSSR count). The number of alkyl halides is 3. The second kappa shape index (κ2) is 6.14. The Kier molecular flexibility index (Phi) is 5.05. The molecule has 0 aliphatic carbocycles. The third-order valence-corrected chi connectivity index (χ3v) is 2.85. The Morgan fingerprint density at radius 2 is 2.00 bits per heavy atom. The van der Waals surface area contributed by atoms with E-state index in [1.807, 2.05) is 6.92 Å². The lowest BCUT2D eigenvalue weighted by atomic mass is 9.93. The lowest BCUT2D eigenvalue weighted by molar-refractivity contribution is -0.140. The summed E-state index contributed by atoms with van der Waals surface area (Å²) in [7, 11) is 0. The van der Waals surface area contributed by atoms with Gasteiger partial charge in [-0.15, -0.1) is 0 Å². The molecule has 2 nitrogen and oxygen atoms in total. The molecule has 1 atom stereocenters. The van der Waals surface area contributed by atoms with Gasteiger partial charge in [-0.1, -0.05) is 19.4 Å². The summed E-state index contributed by atoms with van der Waals surface area (Å²) in [6.07, 6.45) is -3.52. The van der Waals surface area contributed by atoms with E-state index in [-0.39, 0.29) is 12.1 Å². The zero-order chi connectivity index (χ0) is 14.6. The molecule has 1 aromatic rings. The van der Waals surface area contributed by atoms with Gasteiger partial charge in [-0.05, 0) is 18.6 Å². The molecular formula is C13H15F4NO. The number of hydrogen-bond acceptors (Lipinski definition) is 2. The summed E-state index contributed by atoms with van der Waals surface area (Å²) < 4.78 is 50.5. The van der Waals surface area contributed by atoms with Crippen molar-refractivity contribution in [3.63, 3.8) is 0 Å². The van der Waals surface area contributed by atoms with Crippen molar-refractivity contribution in [1.29, 1.82) is 0 Å². The van der Waals surface area contributed by atoms with E-state index in [0.29, 0.717) is 18.6 Å². The van der Waals surface area contributed by atoms with E-state index < -0.39 is 29.3 Å². The van der Waals surface area contributed by atoms with Crippen LogP contribution >= 0.6 is 0 Å². The van der Waals surface area contributed by atoms with E-state index in [1.165, 1.54) is 0 Å². The second-order valence-electron chi connectivity index (χ2n) is 4.28. The predicted molar refractivity (Wildman–Crippen MR) is 63.2 cm³/mol. The fourth-order valence-corrected chi connectivity index (χ4v) is 1.84. The van der Waals surface area contributed by atoms with Gasteiger partial charge in [0.25, 0.3) is 0 Å². The maximum atomic E-state index is 13.4. The summed E-state index contributed by atoms with van der Waals surface area (Å²) >= 11 is 0. The van der Waals surface area contributed by atoms with Crippen LogP contribution in [-0.2, 0) is 6.18 Å². The van der Waals surface area contributed by atoms with Crippen LogP contribution in [0, 0.1) is 11.7 Å². The van der Waals surface area contributed by atoms with Crippen molar-refractivity contribution in [2.45, 2.75) is 25.9 Å². The van der Waals surface area contributed by atoms with Gasteiger partial charge in [-0.2, -0.15) is 13.2 Å². The van der Waals surface area contributed by atoms with Gasteiger partial charge in [0.1, 0.15) is 5.82 Å². The molecule has 2 N–H and O–H groups in total. The Labute approximate surface area is 108 Å². The lowest BCUT2D eigenvalue weighted by Gasteiger charge is -2.14. The van der Waals surface area contributed by atoms with E-state index in [0.717, 1.165) is 12.5 Å². The molecule has 0 aliphatic rings. The molecule has 0 spiro atoms. The molecule has 0 fully saturated rings. The number of nitrogens with two attached hydrogens (primary N) is 1. The average Bonchev–Trinajstić information content (AvgIpc) is 2.33. The second-order valence-corrected chi connectivity index (χ2v) is 4.28. The molecule has 1 aromatic carbocycles. The molecule has 0 radical (unpaired) electrons. The highest BCUT2D eigenvalue weighted by molar-refractivity contribution is 5.98. The molecule has 106 valence electrons. The number of hydrogen-bond donors (Lipinski definition) is 1. The van der Waals surface area contributed by atoms with Crippen molar-refractivity contribution in [2.75, 3.05) is 6.54 Å². The van der Waals surface area contributed by atoms with E-state index in [1.54, 1.807) is 0 Å². The summed E-state index contributed by atoms with van der Waals surface area (Å²) in [6.45, 7) is 1.96. The van der Waals surface area contributed by atoms with Crippen LogP contribution in [0.5, 0.6) is 0 Å². The summed E-state index contributed by atoms with van der Waals surface area (Å²) in [6, 6.07) is 2.21. The smallest absolute Gasteiger partial charge is 0.330 e. The van der Waals surface area contributed by atoms with Crippen molar-refractivity contribution < 1.29 is 22.4 Å². The normalized spacial score (nSPS) is 13.4. The number of Topliss-reactive ketones (excluding diaryl/α,β-unsaturated/α-hetero) is 1. The Bertz CT molecular complexity index is 456. The monoisotopic (exact) mass is 277 g/mol. The zero-order valence-corrected chi connectivity index (χ0v) is 10.4. The Balaban J connectivity index is 3.04. The van der Waals surface area contributed by atoms with Crippen LogP contribution < -0.4 is 5.73 Å². The van der Waals surface area contributed by atoms with Crippen LogP contribution in [-0.4, -0.2) is 12.3 Å². The maximum Gasteiger partial charge on any atom is 0.419 e. The summed E-state index contributed by atoms with van der Waals surface area (Å²) in [4.78, 5) is 12.0. The first-order valence-corrected chi connectivity index (χ1v) is 5.92. The first-order chi connectivity index (χ1) is 8.81. The predicted octanol–water partition coefficient (Wildman–Crippen LogP) is 3.40. The molecular weight excluding hydrogens is 262 g/mol. The molecule has 0 heterocycles. The van der Waals surface area contributed by atoms with Gasteiger partial charge in [0.2, 0.25) is 0 Å². The van der Waals surface area contributed by atoms with Gasteiger partial charge in [0.05, 0.1) is 5.56 Å². The third-order valence-electron chi connectivity index (χ3n) is 2.85. The zero-order valence-electron chi connectivity index (χ0n) is 10.4. The highest BCUT2D eigenvalue weighted by Gasteiger charge is 2.34. The number of carbonyl (C=O) groups excluding carboxylic acids is 1. The molecule has 0 saturated heterocycles. The number of halogens is 4. The molecule has 0 saturated carbocycles. The van der Waals surface area contributed by atoms with Crippen molar-refractivity contribution >= 4 is 5.78 Å². The van der Waals surface area contributed by atoms with Gasteiger partial charge < -0.3 is 5.73 Å². The maximum absolute atomic E-state index is 13.4. The summed E-state index contributed by atoms with van der Waals surface area (Å²) in [5.74, 6) is -2.34. The first kappa shape index (κ1) is 15.6. The number of ketones is 1. The average molecular weight is 277 g/mol. The topological polar surface area (TPSA) is 43.1 Å². The number of carbonyl (C=O) groups is 1. The third kappa shape index (κ3) is 3.76. The lowest BCUT2D eigenvalue weighted by Crippen LogP contribution is -2.24. The summed E-state index contributed by atoms with van der Waals surface area (Å²) in [5.41, 5.74) is 3.99. The van der Waals surface area contributed by atoms with Gasteiger partial charge in [0.15, 0.2) is 5.78 Å². The van der Waals surface area contributed by atoms with Crippen molar-refractivity contribution in [3.05, 3.63) is 35.1 Å². The van der Waals surface area contributed by atoms with Gasteiger partial charge in [-0.25, -0.2) is 4.39 Å². The fraction of sp³-hybridized carbons (Fsp3) is 0.462. The molecule has 19 heavy (non-hydrogen) atoms. The van der Waals surface area contributed by atoms with E-state index in [9.17, 15) is 22.4 Å². The minimum atomic E-state index is -4.76. The fourth-order valence-electron chi connectivity index (χ4n) is 1.84. The molecule has 0 aromatic heterocycles. The van der Waals surface area contributed by atoms with Crippen LogP contribution in [0.2, 0.25) is 0 Å². The minimum Gasteiger partial charge on any atom is -0.330 e. The largest absolute Gasteiger partial charge is 0.419 e. The van der Waals surface area contributed by atoms with E-state index in [2.05, 4.69) is 0 Å². The van der Waals surface area contributed by atoms with Crippen LogP contribution in [0.3, 0.4) is 0 Å². The summed E-state index contributed by atoms with van der Waals surface area (Å²) in [5, 5.41) is 0. The van der Waals surface area contributed by atoms with Crippen molar-refractivity contribution in [2.24, 2.45) is 11.7 Å². The van der Waals surface area contributed by atoms with Gasteiger partial charge >= 0.3 is 6.18 Å². The molecule has 1 unspecified atom stereocenters. The van der Waals surface area contributed by atoms with Crippen LogP contribution in [0.4, 0.5) is 17.6 Å². The Morgan fingerprint density at radius 1 is 1.37 bits per heavy atom. The molecule has 0 bridgehead atoms. The Hall–Kier alpha value is -1.43. The first-order valence-electron chi connectivity index (χ1n) is 5.92. The minimum absolute atomic E-state index is 0.0746. The van der Waals surface area contributed by atoms with Crippen LogP contribution in [0.15, 0.2) is 18.2 Å². The van der Waals surface area contributed by atoms with Crippen LogP contribution in [0.1, 0.15) is 35.7 Å². The van der Waals surface area contributed by atoms with Crippen molar-refractivity contribution in [3.8, 4) is 0 Å².